The number of hydrogen-bond acceptors (Lipinski definition) is 3. The lowest BCUT2D eigenvalue weighted by atomic mass is 9.91. The zero-order valence-corrected chi connectivity index (χ0v) is 17.5. The number of carbonyl (C=O) groups excluding carboxylic acids is 1. The van der Waals surface area contributed by atoms with Crippen LogP contribution in [0.2, 0.25) is 0 Å². The zero-order valence-electron chi connectivity index (χ0n) is 16.7. The van der Waals surface area contributed by atoms with Gasteiger partial charge in [-0.1, -0.05) is 90.5 Å². The lowest BCUT2D eigenvalue weighted by Crippen LogP contribution is -2.38. The van der Waals surface area contributed by atoms with E-state index in [2.05, 4.69) is 0 Å². The van der Waals surface area contributed by atoms with Crippen LogP contribution in [0.1, 0.15) is 29.0 Å². The highest BCUT2D eigenvalue weighted by molar-refractivity contribution is 7.89. The minimum absolute atomic E-state index is 0.133. The summed E-state index contributed by atoms with van der Waals surface area (Å²) in [6.07, 6.45) is 3.87. The molecule has 1 fully saturated rings. The molecule has 0 aliphatic carbocycles. The van der Waals surface area contributed by atoms with Crippen LogP contribution >= 0.6 is 0 Å². The van der Waals surface area contributed by atoms with E-state index in [1.54, 1.807) is 24.3 Å². The Bertz CT molecular complexity index is 1150. The van der Waals surface area contributed by atoms with Crippen LogP contribution in [0.5, 0.6) is 0 Å². The molecule has 3 aromatic carbocycles. The monoisotopic (exact) mass is 417 g/mol. The van der Waals surface area contributed by atoms with Crippen molar-refractivity contribution in [2.45, 2.75) is 30.2 Å². The summed E-state index contributed by atoms with van der Waals surface area (Å²) >= 11 is 0. The molecule has 30 heavy (non-hydrogen) atoms. The average Bonchev–Trinajstić information content (AvgIpc) is 3.11. The van der Waals surface area contributed by atoms with Crippen LogP contribution in [0.3, 0.4) is 0 Å². The van der Waals surface area contributed by atoms with Crippen molar-refractivity contribution in [2.75, 3.05) is 0 Å². The maximum Gasteiger partial charge on any atom is 0.267 e. The molecule has 1 saturated heterocycles. The molecule has 4 rings (SSSR count). The fraction of sp³-hybridized carbons (Fsp3) is 0.160. The summed E-state index contributed by atoms with van der Waals surface area (Å²) in [4.78, 5) is 13.1. The minimum atomic E-state index is -3.97. The Kier molecular flexibility index (Phi) is 5.55. The van der Waals surface area contributed by atoms with Crippen molar-refractivity contribution >= 4 is 22.0 Å². The molecule has 1 aliphatic rings. The molecule has 0 spiro atoms. The number of hydrogen-bond donors (Lipinski definition) is 0. The molecule has 152 valence electrons. The average molecular weight is 418 g/mol. The molecular weight excluding hydrogens is 394 g/mol. The van der Waals surface area contributed by atoms with Crippen LogP contribution in [0.15, 0.2) is 95.9 Å². The number of nitrogens with zero attached hydrogens (tertiary/aromatic N) is 1. The topological polar surface area (TPSA) is 54.5 Å². The van der Waals surface area contributed by atoms with Gasteiger partial charge < -0.3 is 0 Å². The van der Waals surface area contributed by atoms with Gasteiger partial charge in [0.05, 0.1) is 10.9 Å². The predicted molar refractivity (Wildman–Crippen MR) is 118 cm³/mol. The molecule has 0 radical (unpaired) electrons. The van der Waals surface area contributed by atoms with Gasteiger partial charge in [-0.25, -0.2) is 12.7 Å². The van der Waals surface area contributed by atoms with Crippen molar-refractivity contribution in [3.05, 3.63) is 108 Å². The Labute approximate surface area is 177 Å². The Morgan fingerprint density at radius 2 is 1.47 bits per heavy atom. The lowest BCUT2D eigenvalue weighted by molar-refractivity contribution is -0.124. The van der Waals surface area contributed by atoms with E-state index < -0.39 is 16.1 Å². The molecular formula is C25H23NO3S. The second-order valence-corrected chi connectivity index (χ2v) is 9.30. The second kappa shape index (κ2) is 8.28. The van der Waals surface area contributed by atoms with Crippen LogP contribution in [-0.2, 0) is 14.8 Å². The highest BCUT2D eigenvalue weighted by Gasteiger charge is 2.45. The number of aryl methyl sites for hydroxylation is 1. The third-order valence-corrected chi connectivity index (χ3v) is 7.25. The van der Waals surface area contributed by atoms with Gasteiger partial charge in [0.1, 0.15) is 0 Å². The quantitative estimate of drug-likeness (QED) is 0.600. The van der Waals surface area contributed by atoms with E-state index in [0.29, 0.717) is 0 Å². The molecule has 0 bridgehead atoms. The maximum absolute atomic E-state index is 13.4. The summed E-state index contributed by atoms with van der Waals surface area (Å²) in [5.74, 6) is -0.619. The van der Waals surface area contributed by atoms with Gasteiger partial charge in [0, 0.05) is 12.3 Å². The zero-order chi connectivity index (χ0) is 21.1. The summed E-state index contributed by atoms with van der Waals surface area (Å²) in [5.41, 5.74) is 2.87. The summed E-state index contributed by atoms with van der Waals surface area (Å²) in [5, 5.41) is 0. The molecule has 1 heterocycles. The van der Waals surface area contributed by atoms with Crippen molar-refractivity contribution < 1.29 is 13.2 Å². The van der Waals surface area contributed by atoms with Gasteiger partial charge in [0.15, 0.2) is 0 Å². The summed E-state index contributed by atoms with van der Waals surface area (Å²) in [6.45, 7) is 1.90. The minimum Gasteiger partial charge on any atom is -0.274 e. The Morgan fingerprint density at radius 3 is 2.10 bits per heavy atom. The Morgan fingerprint density at radius 1 is 0.867 bits per heavy atom. The third-order valence-electron chi connectivity index (χ3n) is 5.41. The molecule has 0 unspecified atom stereocenters. The Hall–Kier alpha value is -3.18. The van der Waals surface area contributed by atoms with Crippen LogP contribution < -0.4 is 0 Å². The van der Waals surface area contributed by atoms with Gasteiger partial charge in [0.2, 0.25) is 5.91 Å². The Balaban J connectivity index is 1.78. The summed E-state index contributed by atoms with van der Waals surface area (Å²) < 4.78 is 27.9. The van der Waals surface area contributed by atoms with Crippen molar-refractivity contribution in [2.24, 2.45) is 0 Å². The third kappa shape index (κ3) is 3.94. The molecule has 0 aromatic heterocycles. The molecule has 3 aromatic rings. The lowest BCUT2D eigenvalue weighted by Gasteiger charge is -2.25. The fourth-order valence-corrected chi connectivity index (χ4v) is 5.44. The summed E-state index contributed by atoms with van der Waals surface area (Å²) in [6, 6.07) is 25.3. The highest BCUT2D eigenvalue weighted by atomic mass is 32.2. The molecule has 5 heteroatoms. The molecule has 4 nitrogen and oxygen atoms in total. The normalized spacial score (nSPS) is 19.5. The maximum atomic E-state index is 13.4. The fourth-order valence-electron chi connectivity index (χ4n) is 3.85. The van der Waals surface area contributed by atoms with Crippen LogP contribution in [0.4, 0.5) is 0 Å². The van der Waals surface area contributed by atoms with Gasteiger partial charge in [-0.15, -0.1) is 0 Å². The van der Waals surface area contributed by atoms with E-state index in [9.17, 15) is 13.2 Å². The van der Waals surface area contributed by atoms with Crippen LogP contribution in [0, 0.1) is 6.92 Å². The van der Waals surface area contributed by atoms with E-state index in [0.717, 1.165) is 21.0 Å². The van der Waals surface area contributed by atoms with Gasteiger partial charge in [-0.3, -0.25) is 4.79 Å². The molecule has 0 N–H and O–H groups in total. The SMILES string of the molecule is Cc1ccc(S(=O)(=O)N2C(=O)C[C@H](c3ccccc3)[C@@H]2/C=C/c2ccccc2)cc1. The van der Waals surface area contributed by atoms with E-state index in [1.807, 2.05) is 79.7 Å². The molecule has 1 amide bonds. The van der Waals surface area contributed by atoms with Crippen LogP contribution in [0.25, 0.3) is 6.08 Å². The van der Waals surface area contributed by atoms with Gasteiger partial charge in [0.25, 0.3) is 10.0 Å². The van der Waals surface area contributed by atoms with Gasteiger partial charge in [-0.05, 0) is 30.2 Å². The number of amides is 1. The smallest absolute Gasteiger partial charge is 0.267 e. The predicted octanol–water partition coefficient (Wildman–Crippen LogP) is 4.78. The van der Waals surface area contributed by atoms with E-state index in [-0.39, 0.29) is 23.1 Å². The van der Waals surface area contributed by atoms with E-state index >= 15 is 0 Å². The first-order valence-corrected chi connectivity index (χ1v) is 11.3. The first-order valence-electron chi connectivity index (χ1n) is 9.89. The standard InChI is InChI=1S/C25H23NO3S/c1-19-12-15-22(16-13-19)30(28,29)26-24(17-14-20-8-4-2-5-9-20)23(18-25(26)27)21-10-6-3-7-11-21/h2-17,23-24H,18H2,1H3/b17-14+/t23-,24+/m1/s1. The first-order chi connectivity index (χ1) is 14.5. The van der Waals surface area contributed by atoms with E-state index in [1.165, 1.54) is 0 Å². The van der Waals surface area contributed by atoms with Crippen molar-refractivity contribution in [3.63, 3.8) is 0 Å². The highest BCUT2D eigenvalue weighted by Crippen LogP contribution is 2.39. The summed E-state index contributed by atoms with van der Waals surface area (Å²) in [7, 11) is -3.97. The molecule has 2 atom stereocenters. The van der Waals surface area contributed by atoms with Crippen LogP contribution in [-0.4, -0.2) is 24.7 Å². The molecule has 1 aliphatic heterocycles. The number of benzene rings is 3. The van der Waals surface area contributed by atoms with Crippen molar-refractivity contribution in [1.82, 2.24) is 4.31 Å². The van der Waals surface area contributed by atoms with Gasteiger partial charge >= 0.3 is 0 Å². The number of carbonyl (C=O) groups is 1. The first kappa shape index (κ1) is 20.1. The van der Waals surface area contributed by atoms with Crippen molar-refractivity contribution in [3.8, 4) is 0 Å². The number of sulfonamides is 1. The second-order valence-electron chi connectivity index (χ2n) is 7.49. The van der Waals surface area contributed by atoms with Gasteiger partial charge in [-0.2, -0.15) is 0 Å². The largest absolute Gasteiger partial charge is 0.274 e. The molecule has 0 saturated carbocycles. The van der Waals surface area contributed by atoms with Crippen molar-refractivity contribution in [1.29, 1.82) is 0 Å². The van der Waals surface area contributed by atoms with E-state index in [4.69, 9.17) is 0 Å². The number of rotatable bonds is 5.